The molecule has 2 atom stereocenters. The largest absolute Gasteiger partial charge is 0.481 e. The summed E-state index contributed by atoms with van der Waals surface area (Å²) in [5.74, 6) is -4.35. The van der Waals surface area contributed by atoms with Crippen LogP contribution in [0, 0.1) is 6.92 Å². The van der Waals surface area contributed by atoms with Crippen molar-refractivity contribution in [1.82, 2.24) is 25.9 Å². The SMILES string of the molecule is Cc1cncnc1C(=O)NCCCC[C@H](NC(=O)N[C@@H](CCC(=O)O)C(=O)O)C(=O)O. The van der Waals surface area contributed by atoms with Crippen LogP contribution in [0.4, 0.5) is 4.79 Å². The van der Waals surface area contributed by atoms with Crippen molar-refractivity contribution in [1.29, 1.82) is 0 Å². The molecule has 170 valence electrons. The Hall–Kier alpha value is -3.77. The lowest BCUT2D eigenvalue weighted by molar-refractivity contribution is -0.140. The Labute approximate surface area is 177 Å². The Kier molecular flexibility index (Phi) is 10.4. The molecule has 6 N–H and O–H groups in total. The number of hydrogen-bond acceptors (Lipinski definition) is 7. The number of nitrogens with zero attached hydrogens (tertiary/aromatic N) is 2. The van der Waals surface area contributed by atoms with Gasteiger partial charge in [-0.15, -0.1) is 0 Å². The van der Waals surface area contributed by atoms with Gasteiger partial charge in [-0.05, 0) is 38.2 Å². The minimum Gasteiger partial charge on any atom is -0.481 e. The molecule has 13 nitrogen and oxygen atoms in total. The highest BCUT2D eigenvalue weighted by Crippen LogP contribution is 2.04. The fraction of sp³-hybridized carbons (Fsp3) is 0.500. The predicted octanol–water partition coefficient (Wildman–Crippen LogP) is -0.244. The van der Waals surface area contributed by atoms with Gasteiger partial charge in [-0.1, -0.05) is 0 Å². The van der Waals surface area contributed by atoms with Crippen molar-refractivity contribution in [3.05, 3.63) is 23.8 Å². The molecular weight excluding hydrogens is 414 g/mol. The summed E-state index contributed by atoms with van der Waals surface area (Å²) in [5, 5.41) is 33.8. The summed E-state index contributed by atoms with van der Waals surface area (Å²) >= 11 is 0. The van der Waals surface area contributed by atoms with E-state index < -0.39 is 42.4 Å². The Morgan fingerprint density at radius 1 is 0.968 bits per heavy atom. The monoisotopic (exact) mass is 439 g/mol. The molecule has 13 heteroatoms. The summed E-state index contributed by atoms with van der Waals surface area (Å²) in [5.41, 5.74) is 0.858. The van der Waals surface area contributed by atoms with Gasteiger partial charge in [-0.2, -0.15) is 0 Å². The van der Waals surface area contributed by atoms with Crippen LogP contribution < -0.4 is 16.0 Å². The molecule has 0 bridgehead atoms. The van der Waals surface area contributed by atoms with Gasteiger partial charge >= 0.3 is 23.9 Å². The molecule has 31 heavy (non-hydrogen) atoms. The molecule has 1 rings (SSSR count). The number of carbonyl (C=O) groups is 5. The number of aryl methyl sites for hydroxylation is 1. The van der Waals surface area contributed by atoms with E-state index >= 15 is 0 Å². The van der Waals surface area contributed by atoms with Crippen LogP contribution in [0.25, 0.3) is 0 Å². The van der Waals surface area contributed by atoms with E-state index in [4.69, 9.17) is 10.2 Å². The molecule has 0 unspecified atom stereocenters. The summed E-state index contributed by atoms with van der Waals surface area (Å²) in [6.07, 6.45) is 2.76. The van der Waals surface area contributed by atoms with E-state index in [2.05, 4.69) is 25.9 Å². The van der Waals surface area contributed by atoms with Gasteiger partial charge < -0.3 is 31.3 Å². The van der Waals surface area contributed by atoms with E-state index in [9.17, 15) is 29.1 Å². The third-order valence-electron chi connectivity index (χ3n) is 4.17. The molecule has 3 amide bonds. The van der Waals surface area contributed by atoms with Crippen molar-refractivity contribution in [3.8, 4) is 0 Å². The molecule has 0 aliphatic carbocycles. The molecule has 0 aromatic carbocycles. The first-order valence-corrected chi connectivity index (χ1v) is 9.41. The molecule has 0 saturated carbocycles. The number of urea groups is 1. The molecule has 0 fully saturated rings. The summed E-state index contributed by atoms with van der Waals surface area (Å²) in [6.45, 7) is 1.96. The van der Waals surface area contributed by atoms with E-state index in [1.54, 1.807) is 6.92 Å². The third-order valence-corrected chi connectivity index (χ3v) is 4.17. The summed E-state index contributed by atoms with van der Waals surface area (Å²) < 4.78 is 0. The molecule has 0 aliphatic heterocycles. The van der Waals surface area contributed by atoms with Crippen LogP contribution in [0.5, 0.6) is 0 Å². The van der Waals surface area contributed by atoms with Crippen LogP contribution in [-0.2, 0) is 14.4 Å². The highest BCUT2D eigenvalue weighted by Gasteiger charge is 2.24. The Balaban J connectivity index is 2.43. The first-order valence-electron chi connectivity index (χ1n) is 9.41. The molecule has 0 aliphatic rings. The second kappa shape index (κ2) is 12.7. The average Bonchev–Trinajstić information content (AvgIpc) is 2.69. The third kappa shape index (κ3) is 9.51. The summed E-state index contributed by atoms with van der Waals surface area (Å²) in [4.78, 5) is 64.6. The molecule has 0 saturated heterocycles. The predicted molar refractivity (Wildman–Crippen MR) is 104 cm³/mol. The van der Waals surface area contributed by atoms with Gasteiger partial charge in [0.25, 0.3) is 5.91 Å². The lowest BCUT2D eigenvalue weighted by Crippen LogP contribution is -2.51. The first-order chi connectivity index (χ1) is 14.6. The quantitative estimate of drug-likeness (QED) is 0.222. The number of nitrogens with one attached hydrogen (secondary N) is 3. The fourth-order valence-electron chi connectivity index (χ4n) is 2.54. The average molecular weight is 439 g/mol. The summed E-state index contributed by atoms with van der Waals surface area (Å²) in [7, 11) is 0. The molecule has 0 radical (unpaired) electrons. The minimum absolute atomic E-state index is 0.0397. The van der Waals surface area contributed by atoms with Gasteiger partial charge in [-0.25, -0.2) is 24.4 Å². The Bertz CT molecular complexity index is 816. The smallest absolute Gasteiger partial charge is 0.326 e. The lowest BCUT2D eigenvalue weighted by Gasteiger charge is -2.18. The minimum atomic E-state index is -1.47. The van der Waals surface area contributed by atoms with Crippen LogP contribution in [0.2, 0.25) is 0 Å². The molecule has 0 spiro atoms. The number of carboxylic acids is 3. The van der Waals surface area contributed by atoms with Crippen molar-refractivity contribution >= 4 is 29.8 Å². The zero-order valence-corrected chi connectivity index (χ0v) is 16.8. The highest BCUT2D eigenvalue weighted by atomic mass is 16.4. The first kappa shape index (κ1) is 25.3. The normalized spacial score (nSPS) is 12.3. The van der Waals surface area contributed by atoms with Gasteiger partial charge in [-0.3, -0.25) is 9.59 Å². The number of hydrogen-bond donors (Lipinski definition) is 6. The molecule has 1 aromatic heterocycles. The van der Waals surface area contributed by atoms with Crippen LogP contribution in [0.15, 0.2) is 12.5 Å². The van der Waals surface area contributed by atoms with Gasteiger partial charge in [0.15, 0.2) is 0 Å². The number of carbonyl (C=O) groups excluding carboxylic acids is 2. The fourth-order valence-corrected chi connectivity index (χ4v) is 2.54. The maximum Gasteiger partial charge on any atom is 0.326 e. The Morgan fingerprint density at radius 2 is 1.58 bits per heavy atom. The molecule has 1 heterocycles. The number of amides is 3. The molecular formula is C18H25N5O8. The second-order valence-electron chi connectivity index (χ2n) is 6.64. The van der Waals surface area contributed by atoms with Crippen molar-refractivity contribution in [2.75, 3.05) is 6.54 Å². The number of carboxylic acid groups (broad SMARTS) is 3. The van der Waals surface area contributed by atoms with Crippen LogP contribution in [0.3, 0.4) is 0 Å². The van der Waals surface area contributed by atoms with Crippen LogP contribution in [0.1, 0.15) is 48.2 Å². The topological polar surface area (TPSA) is 208 Å². The van der Waals surface area contributed by atoms with Gasteiger partial charge in [0.05, 0.1) is 0 Å². The maximum absolute atomic E-state index is 12.0. The van der Waals surface area contributed by atoms with E-state index in [0.29, 0.717) is 18.4 Å². The van der Waals surface area contributed by atoms with Crippen molar-refractivity contribution < 1.29 is 39.3 Å². The van der Waals surface area contributed by atoms with E-state index in [-0.39, 0.29) is 31.0 Å². The van der Waals surface area contributed by atoms with E-state index in [1.165, 1.54) is 12.5 Å². The highest BCUT2D eigenvalue weighted by molar-refractivity contribution is 5.93. The van der Waals surface area contributed by atoms with Gasteiger partial charge in [0.2, 0.25) is 0 Å². The Morgan fingerprint density at radius 3 is 2.13 bits per heavy atom. The van der Waals surface area contributed by atoms with E-state index in [1.807, 2.05) is 0 Å². The zero-order chi connectivity index (χ0) is 23.4. The summed E-state index contributed by atoms with van der Waals surface area (Å²) in [6, 6.07) is -3.78. The number of aliphatic carboxylic acids is 3. The number of aromatic nitrogens is 2. The van der Waals surface area contributed by atoms with Crippen molar-refractivity contribution in [2.24, 2.45) is 0 Å². The van der Waals surface area contributed by atoms with Crippen LogP contribution >= 0.6 is 0 Å². The zero-order valence-electron chi connectivity index (χ0n) is 16.8. The standard InChI is InChI=1S/C18H25N5O8/c1-10-8-19-9-21-14(10)15(26)20-7-3-2-4-11(16(27)28)22-18(31)23-12(17(29)30)5-6-13(24)25/h8-9,11-12H,2-7H2,1H3,(H,20,26)(H,24,25)(H,27,28)(H,29,30)(H2,22,23,31)/t11-,12-/m0/s1. The lowest BCUT2D eigenvalue weighted by atomic mass is 10.1. The molecule has 1 aromatic rings. The number of rotatable bonds is 13. The van der Waals surface area contributed by atoms with Crippen LogP contribution in [-0.4, -0.2) is 73.8 Å². The number of unbranched alkanes of at least 4 members (excludes halogenated alkanes) is 1. The van der Waals surface area contributed by atoms with E-state index in [0.717, 1.165) is 0 Å². The van der Waals surface area contributed by atoms with Crippen molar-refractivity contribution in [2.45, 2.75) is 51.1 Å². The maximum atomic E-state index is 12.0. The van der Waals surface area contributed by atoms with Crippen molar-refractivity contribution in [3.63, 3.8) is 0 Å². The second-order valence-corrected chi connectivity index (χ2v) is 6.64. The van der Waals surface area contributed by atoms with Gasteiger partial charge in [0.1, 0.15) is 24.1 Å². The van der Waals surface area contributed by atoms with Gasteiger partial charge in [0, 0.05) is 19.2 Å².